The summed E-state index contributed by atoms with van der Waals surface area (Å²) in [7, 11) is 4.09. The fourth-order valence-corrected chi connectivity index (χ4v) is 1.85. The molecule has 120 valence electrons. The summed E-state index contributed by atoms with van der Waals surface area (Å²) in [6.45, 7) is 3.91. The van der Waals surface area contributed by atoms with Gasteiger partial charge in [-0.3, -0.25) is 10.1 Å². The minimum Gasteiger partial charge on any atom is -0.465 e. The van der Waals surface area contributed by atoms with E-state index in [1.165, 1.54) is 4.90 Å². The van der Waals surface area contributed by atoms with Crippen LogP contribution < -0.4 is 19.7 Å². The number of nitrogens with zero attached hydrogens (tertiary/aromatic N) is 1. The van der Waals surface area contributed by atoms with E-state index in [-0.39, 0.29) is 18.7 Å². The van der Waals surface area contributed by atoms with Crippen molar-refractivity contribution in [1.82, 2.24) is 5.32 Å². The third kappa shape index (κ3) is 4.36. The number of hydrogen-bond donors (Lipinski definition) is 2. The van der Waals surface area contributed by atoms with Crippen molar-refractivity contribution < 1.29 is 23.9 Å². The van der Waals surface area contributed by atoms with Crippen molar-refractivity contribution in [3.8, 4) is 11.5 Å². The van der Waals surface area contributed by atoms with Crippen LogP contribution in [0.2, 0.25) is 0 Å². The van der Waals surface area contributed by atoms with Crippen LogP contribution in [0.15, 0.2) is 23.2 Å². The Morgan fingerprint density at radius 1 is 1.36 bits per heavy atom. The summed E-state index contributed by atoms with van der Waals surface area (Å²) in [6, 6.07) is 5.28. The molecule has 0 fully saturated rings. The van der Waals surface area contributed by atoms with Gasteiger partial charge in [0.15, 0.2) is 11.5 Å². The first-order valence-electron chi connectivity index (χ1n) is 7.27. The number of carbonyl (C=O) groups excluding carboxylic acids is 1. The van der Waals surface area contributed by atoms with Gasteiger partial charge in [0.2, 0.25) is 6.79 Å². The number of amides is 1. The van der Waals surface area contributed by atoms with Gasteiger partial charge in [-0.25, -0.2) is 4.99 Å². The predicted octanol–water partition coefficient (Wildman–Crippen LogP) is -0.318. The second-order valence-electron chi connectivity index (χ2n) is 5.10. The highest BCUT2D eigenvalue weighted by Crippen LogP contribution is 2.32. The Kier molecular flexibility index (Phi) is 5.60. The second-order valence-corrected chi connectivity index (χ2v) is 5.10. The summed E-state index contributed by atoms with van der Waals surface area (Å²) < 4.78 is 15.9. The highest BCUT2D eigenvalue weighted by Gasteiger charge is 2.17. The molecule has 0 spiro atoms. The average Bonchev–Trinajstić information content (AvgIpc) is 2.94. The summed E-state index contributed by atoms with van der Waals surface area (Å²) >= 11 is 0. The van der Waals surface area contributed by atoms with Crippen molar-refractivity contribution in [1.29, 1.82) is 0 Å². The van der Waals surface area contributed by atoms with Gasteiger partial charge in [-0.2, -0.15) is 0 Å². The molecule has 0 saturated carbocycles. The lowest BCUT2D eigenvalue weighted by molar-refractivity contribution is -0.856. The Hall–Kier alpha value is -2.28. The van der Waals surface area contributed by atoms with Crippen molar-refractivity contribution in [2.24, 2.45) is 4.99 Å². The molecule has 1 aromatic rings. The Bertz CT molecular complexity index is 558. The van der Waals surface area contributed by atoms with Crippen LogP contribution in [0.1, 0.15) is 17.3 Å². The fraction of sp³-hybridized carbons (Fsp3) is 0.467. The Morgan fingerprint density at radius 3 is 2.86 bits per heavy atom. The molecule has 1 amide bonds. The molecule has 0 atom stereocenters. The molecule has 1 heterocycles. The number of ether oxygens (including phenoxy) is 3. The number of fused-ring (bicyclic) bond motifs is 1. The Labute approximate surface area is 129 Å². The van der Waals surface area contributed by atoms with Crippen molar-refractivity contribution in [2.75, 3.05) is 40.6 Å². The summed E-state index contributed by atoms with van der Waals surface area (Å²) in [6.07, 6.45) is 0. The van der Waals surface area contributed by atoms with E-state index < -0.39 is 0 Å². The number of carbonyl (C=O) groups is 1. The van der Waals surface area contributed by atoms with E-state index in [1.54, 1.807) is 18.2 Å². The summed E-state index contributed by atoms with van der Waals surface area (Å²) in [5, 5.41) is 2.68. The summed E-state index contributed by atoms with van der Waals surface area (Å²) in [5.41, 5.74) is 0.467. The maximum atomic E-state index is 12.3. The Morgan fingerprint density at radius 2 is 2.14 bits per heavy atom. The third-order valence-electron chi connectivity index (χ3n) is 3.00. The quantitative estimate of drug-likeness (QED) is 0.578. The first-order chi connectivity index (χ1) is 10.6. The zero-order valence-electron chi connectivity index (χ0n) is 13.1. The van der Waals surface area contributed by atoms with Gasteiger partial charge in [-0.15, -0.1) is 0 Å². The van der Waals surface area contributed by atoms with Crippen LogP contribution in [0.4, 0.5) is 0 Å². The second kappa shape index (κ2) is 7.65. The smallest absolute Gasteiger partial charge is 0.291 e. The molecule has 1 aliphatic rings. The van der Waals surface area contributed by atoms with Crippen LogP contribution in [0.25, 0.3) is 0 Å². The zero-order valence-corrected chi connectivity index (χ0v) is 13.1. The van der Waals surface area contributed by atoms with E-state index in [4.69, 9.17) is 14.2 Å². The molecule has 0 saturated heterocycles. The van der Waals surface area contributed by atoms with Crippen LogP contribution in [0.5, 0.6) is 11.5 Å². The SMILES string of the molecule is CCOC(=NCC[NH+](C)C)NC(=O)c1ccc2c(c1)OCO2. The van der Waals surface area contributed by atoms with E-state index in [0.29, 0.717) is 30.2 Å². The third-order valence-corrected chi connectivity index (χ3v) is 3.00. The van der Waals surface area contributed by atoms with Gasteiger partial charge in [-0.05, 0) is 25.1 Å². The molecule has 0 aromatic heterocycles. The molecule has 7 nitrogen and oxygen atoms in total. The van der Waals surface area contributed by atoms with Gasteiger partial charge in [0, 0.05) is 5.56 Å². The van der Waals surface area contributed by atoms with Gasteiger partial charge < -0.3 is 19.1 Å². The molecule has 0 bridgehead atoms. The molecular weight excluding hydrogens is 286 g/mol. The standard InChI is InChI=1S/C15H21N3O4/c1-4-20-15(16-7-8-18(2)3)17-14(19)11-5-6-12-13(9-11)22-10-21-12/h5-6,9H,4,7-8,10H2,1-3H3,(H,16,17,19)/p+1. The molecule has 7 heteroatoms. The van der Waals surface area contributed by atoms with Crippen LogP contribution >= 0.6 is 0 Å². The highest BCUT2D eigenvalue weighted by atomic mass is 16.7. The number of nitrogens with one attached hydrogen (secondary N) is 2. The van der Waals surface area contributed by atoms with Gasteiger partial charge in [0.05, 0.1) is 33.8 Å². The van der Waals surface area contributed by atoms with Crippen molar-refractivity contribution in [3.63, 3.8) is 0 Å². The number of amidine groups is 1. The van der Waals surface area contributed by atoms with Crippen LogP contribution in [-0.2, 0) is 4.74 Å². The number of aliphatic imine (C=N–C) groups is 1. The van der Waals surface area contributed by atoms with Crippen molar-refractivity contribution >= 4 is 11.9 Å². The predicted molar refractivity (Wildman–Crippen MR) is 81.6 cm³/mol. The lowest BCUT2D eigenvalue weighted by Crippen LogP contribution is -3.06. The lowest BCUT2D eigenvalue weighted by atomic mass is 10.2. The summed E-state index contributed by atoms with van der Waals surface area (Å²) in [4.78, 5) is 17.8. The van der Waals surface area contributed by atoms with Crippen molar-refractivity contribution in [2.45, 2.75) is 6.92 Å². The number of quaternary nitrogens is 1. The minimum absolute atomic E-state index is 0.179. The molecule has 2 rings (SSSR count). The van der Waals surface area contributed by atoms with Gasteiger partial charge in [0.1, 0.15) is 0 Å². The molecular formula is C15H22N3O4+. The first-order valence-corrected chi connectivity index (χ1v) is 7.27. The topological polar surface area (TPSA) is 73.6 Å². The largest absolute Gasteiger partial charge is 0.465 e. The summed E-state index contributed by atoms with van der Waals surface area (Å²) in [5.74, 6) is 0.922. The Balaban J connectivity index is 2.01. The van der Waals surface area contributed by atoms with Crippen LogP contribution in [0, 0.1) is 0 Å². The van der Waals surface area contributed by atoms with E-state index in [2.05, 4.69) is 10.3 Å². The van der Waals surface area contributed by atoms with E-state index in [9.17, 15) is 4.79 Å². The van der Waals surface area contributed by atoms with Gasteiger partial charge in [-0.1, -0.05) is 0 Å². The number of benzene rings is 1. The fourth-order valence-electron chi connectivity index (χ4n) is 1.85. The average molecular weight is 308 g/mol. The molecule has 2 N–H and O–H groups in total. The van der Waals surface area contributed by atoms with E-state index >= 15 is 0 Å². The van der Waals surface area contributed by atoms with Gasteiger partial charge in [0.25, 0.3) is 11.9 Å². The van der Waals surface area contributed by atoms with Gasteiger partial charge >= 0.3 is 0 Å². The molecule has 22 heavy (non-hydrogen) atoms. The van der Waals surface area contributed by atoms with E-state index in [1.807, 2.05) is 21.0 Å². The van der Waals surface area contributed by atoms with Crippen molar-refractivity contribution in [3.05, 3.63) is 23.8 Å². The first kappa shape index (κ1) is 16.1. The number of rotatable bonds is 5. The van der Waals surface area contributed by atoms with Crippen LogP contribution in [-0.4, -0.2) is 52.5 Å². The number of likely N-dealkylation sites (N-methyl/N-ethyl adjacent to an activating group) is 1. The molecule has 1 aromatic carbocycles. The maximum absolute atomic E-state index is 12.3. The highest BCUT2D eigenvalue weighted by molar-refractivity contribution is 6.04. The lowest BCUT2D eigenvalue weighted by Gasteiger charge is -2.10. The monoisotopic (exact) mass is 308 g/mol. The molecule has 0 unspecified atom stereocenters. The minimum atomic E-state index is -0.289. The molecule has 1 aliphatic heterocycles. The normalized spacial score (nSPS) is 13.4. The zero-order chi connectivity index (χ0) is 15.9. The molecule has 0 radical (unpaired) electrons. The van der Waals surface area contributed by atoms with E-state index in [0.717, 1.165) is 6.54 Å². The molecule has 0 aliphatic carbocycles. The van der Waals surface area contributed by atoms with Crippen LogP contribution in [0.3, 0.4) is 0 Å². The maximum Gasteiger partial charge on any atom is 0.291 e. The number of hydrogen-bond acceptors (Lipinski definition) is 5.